The van der Waals surface area contributed by atoms with E-state index < -0.39 is 4.92 Å². The lowest BCUT2D eigenvalue weighted by atomic mass is 10.3. The van der Waals surface area contributed by atoms with Gasteiger partial charge in [-0.05, 0) is 18.7 Å². The number of nitrogens with one attached hydrogen (secondary N) is 1. The number of hydrogen-bond donors (Lipinski definition) is 1. The first kappa shape index (κ1) is 14.2. The molecule has 0 atom stereocenters. The summed E-state index contributed by atoms with van der Waals surface area (Å²) in [4.78, 5) is 14.2. The van der Waals surface area contributed by atoms with Gasteiger partial charge in [0, 0.05) is 30.9 Å². The minimum atomic E-state index is -0.545. The van der Waals surface area contributed by atoms with E-state index in [9.17, 15) is 10.1 Å². The number of halogens is 1. The minimum Gasteiger partial charge on any atom is -0.439 e. The SMILES string of the molecule is CNCc1ccc(Oc2ccc([N+](=O)[O-])c(Cl)c2)nc1. The smallest absolute Gasteiger partial charge is 0.288 e. The molecule has 104 valence electrons. The Kier molecular flexibility index (Phi) is 4.49. The summed E-state index contributed by atoms with van der Waals surface area (Å²) < 4.78 is 5.49. The van der Waals surface area contributed by atoms with Crippen LogP contribution in [-0.4, -0.2) is 17.0 Å². The first-order valence-electron chi connectivity index (χ1n) is 5.81. The number of rotatable bonds is 5. The van der Waals surface area contributed by atoms with Gasteiger partial charge in [0.25, 0.3) is 5.69 Å². The van der Waals surface area contributed by atoms with Gasteiger partial charge >= 0.3 is 0 Å². The number of hydrogen-bond acceptors (Lipinski definition) is 5. The normalized spacial score (nSPS) is 10.3. The first-order chi connectivity index (χ1) is 9.60. The summed E-state index contributed by atoms with van der Waals surface area (Å²) in [5, 5.41) is 13.7. The third-order valence-electron chi connectivity index (χ3n) is 2.52. The fraction of sp³-hybridized carbons (Fsp3) is 0.154. The highest BCUT2D eigenvalue weighted by Gasteiger charge is 2.13. The molecule has 7 heteroatoms. The summed E-state index contributed by atoms with van der Waals surface area (Å²) >= 11 is 5.81. The molecule has 0 saturated heterocycles. The van der Waals surface area contributed by atoms with Crippen LogP contribution in [0.5, 0.6) is 11.6 Å². The van der Waals surface area contributed by atoms with Gasteiger partial charge in [0.05, 0.1) is 4.92 Å². The lowest BCUT2D eigenvalue weighted by Gasteiger charge is -2.06. The van der Waals surface area contributed by atoms with E-state index >= 15 is 0 Å². The average Bonchev–Trinajstić information content (AvgIpc) is 2.41. The molecular formula is C13H12ClN3O3. The zero-order chi connectivity index (χ0) is 14.5. The molecule has 1 aromatic heterocycles. The van der Waals surface area contributed by atoms with E-state index in [4.69, 9.17) is 16.3 Å². The molecule has 1 N–H and O–H groups in total. The van der Waals surface area contributed by atoms with E-state index in [1.54, 1.807) is 12.3 Å². The van der Waals surface area contributed by atoms with Crippen LogP contribution in [0.25, 0.3) is 0 Å². The molecule has 0 amide bonds. The Bertz CT molecular complexity index is 617. The molecule has 1 heterocycles. The number of nitrogens with zero attached hydrogens (tertiary/aromatic N) is 2. The van der Waals surface area contributed by atoms with Gasteiger partial charge in [-0.3, -0.25) is 10.1 Å². The molecule has 6 nitrogen and oxygen atoms in total. The first-order valence-corrected chi connectivity index (χ1v) is 6.19. The predicted molar refractivity (Wildman–Crippen MR) is 75.2 cm³/mol. The van der Waals surface area contributed by atoms with Crippen molar-refractivity contribution in [1.82, 2.24) is 10.3 Å². The van der Waals surface area contributed by atoms with Crippen LogP contribution >= 0.6 is 11.6 Å². The third-order valence-corrected chi connectivity index (χ3v) is 2.82. The van der Waals surface area contributed by atoms with Gasteiger partial charge in [-0.2, -0.15) is 0 Å². The Morgan fingerprint density at radius 2 is 2.20 bits per heavy atom. The summed E-state index contributed by atoms with van der Waals surface area (Å²) in [6, 6.07) is 7.77. The quantitative estimate of drug-likeness (QED) is 0.677. The van der Waals surface area contributed by atoms with Crippen molar-refractivity contribution in [1.29, 1.82) is 0 Å². The summed E-state index contributed by atoms with van der Waals surface area (Å²) in [5.41, 5.74) is 0.873. The minimum absolute atomic E-state index is 0.0271. The van der Waals surface area contributed by atoms with Gasteiger partial charge in [-0.25, -0.2) is 4.98 Å². The van der Waals surface area contributed by atoms with Crippen molar-refractivity contribution in [2.24, 2.45) is 0 Å². The van der Waals surface area contributed by atoms with Crippen molar-refractivity contribution in [3.8, 4) is 11.6 Å². The zero-order valence-corrected chi connectivity index (χ0v) is 11.4. The lowest BCUT2D eigenvalue weighted by Crippen LogP contribution is -2.05. The van der Waals surface area contributed by atoms with Crippen molar-refractivity contribution < 1.29 is 9.66 Å². The number of nitro groups is 1. The van der Waals surface area contributed by atoms with Gasteiger partial charge in [0.15, 0.2) is 0 Å². The van der Waals surface area contributed by atoms with Crippen LogP contribution in [0.3, 0.4) is 0 Å². The van der Waals surface area contributed by atoms with Crippen LogP contribution in [0.1, 0.15) is 5.56 Å². The highest BCUT2D eigenvalue weighted by Crippen LogP contribution is 2.30. The van der Waals surface area contributed by atoms with E-state index in [1.165, 1.54) is 18.2 Å². The van der Waals surface area contributed by atoms with Crippen molar-refractivity contribution in [2.45, 2.75) is 6.54 Å². The summed E-state index contributed by atoms with van der Waals surface area (Å²) in [6.45, 7) is 0.719. The van der Waals surface area contributed by atoms with Gasteiger partial charge in [0.1, 0.15) is 10.8 Å². The average molecular weight is 294 g/mol. The predicted octanol–water partition coefficient (Wildman–Crippen LogP) is 3.15. The Labute approximate surface area is 120 Å². The van der Waals surface area contributed by atoms with Crippen molar-refractivity contribution in [3.63, 3.8) is 0 Å². The second kappa shape index (κ2) is 6.31. The molecule has 0 spiro atoms. The fourth-order valence-corrected chi connectivity index (χ4v) is 1.84. The summed E-state index contributed by atoms with van der Waals surface area (Å²) in [6.07, 6.45) is 1.69. The number of ether oxygens (including phenoxy) is 1. The number of benzene rings is 1. The number of nitro benzene ring substituents is 1. The second-order valence-corrected chi connectivity index (χ2v) is 4.41. The van der Waals surface area contributed by atoms with E-state index in [0.717, 1.165) is 12.1 Å². The maximum Gasteiger partial charge on any atom is 0.288 e. The second-order valence-electron chi connectivity index (χ2n) is 4.01. The molecule has 0 aliphatic carbocycles. The Balaban J connectivity index is 2.13. The lowest BCUT2D eigenvalue weighted by molar-refractivity contribution is -0.384. The monoisotopic (exact) mass is 293 g/mol. The van der Waals surface area contributed by atoms with Gasteiger partial charge in [-0.1, -0.05) is 17.7 Å². The molecule has 2 aromatic rings. The van der Waals surface area contributed by atoms with Crippen LogP contribution in [0.2, 0.25) is 5.02 Å². The van der Waals surface area contributed by atoms with E-state index in [1.807, 2.05) is 13.1 Å². The van der Waals surface area contributed by atoms with Crippen molar-refractivity contribution in [3.05, 3.63) is 57.2 Å². The molecule has 0 radical (unpaired) electrons. The molecule has 0 saturated carbocycles. The third kappa shape index (κ3) is 3.43. The topological polar surface area (TPSA) is 77.3 Å². The van der Waals surface area contributed by atoms with E-state index in [-0.39, 0.29) is 10.7 Å². The fourth-order valence-electron chi connectivity index (χ4n) is 1.60. The van der Waals surface area contributed by atoms with Crippen molar-refractivity contribution >= 4 is 17.3 Å². The van der Waals surface area contributed by atoms with Gasteiger partial charge in [-0.15, -0.1) is 0 Å². The van der Waals surface area contributed by atoms with Crippen LogP contribution < -0.4 is 10.1 Å². The standard InChI is InChI=1S/C13H12ClN3O3/c1-15-7-9-2-5-13(16-8-9)20-10-3-4-12(17(18)19)11(14)6-10/h2-6,8,15H,7H2,1H3. The maximum atomic E-state index is 10.7. The number of pyridine rings is 1. The molecule has 0 fully saturated rings. The molecule has 0 unspecified atom stereocenters. The summed E-state index contributed by atoms with van der Waals surface area (Å²) in [7, 11) is 1.85. The molecule has 0 aliphatic rings. The van der Waals surface area contributed by atoms with Gasteiger partial charge in [0.2, 0.25) is 5.88 Å². The van der Waals surface area contributed by atoms with Crippen LogP contribution in [0, 0.1) is 10.1 Å². The molecular weight excluding hydrogens is 282 g/mol. The van der Waals surface area contributed by atoms with E-state index in [2.05, 4.69) is 10.3 Å². The Morgan fingerprint density at radius 3 is 2.75 bits per heavy atom. The Hall–Kier alpha value is -2.18. The number of aromatic nitrogens is 1. The molecule has 20 heavy (non-hydrogen) atoms. The molecule has 0 bridgehead atoms. The van der Waals surface area contributed by atoms with Crippen LogP contribution in [-0.2, 0) is 6.54 Å². The molecule has 0 aliphatic heterocycles. The molecule has 1 aromatic carbocycles. The maximum absolute atomic E-state index is 10.7. The van der Waals surface area contributed by atoms with Crippen LogP contribution in [0.15, 0.2) is 36.5 Å². The zero-order valence-electron chi connectivity index (χ0n) is 10.7. The summed E-state index contributed by atoms with van der Waals surface area (Å²) in [5.74, 6) is 0.796. The van der Waals surface area contributed by atoms with Crippen LogP contribution in [0.4, 0.5) is 5.69 Å². The molecule has 2 rings (SSSR count). The highest BCUT2D eigenvalue weighted by molar-refractivity contribution is 6.32. The van der Waals surface area contributed by atoms with E-state index in [0.29, 0.717) is 11.6 Å². The Morgan fingerprint density at radius 1 is 1.40 bits per heavy atom. The van der Waals surface area contributed by atoms with Gasteiger partial charge < -0.3 is 10.1 Å². The van der Waals surface area contributed by atoms with Crippen molar-refractivity contribution in [2.75, 3.05) is 7.05 Å². The highest BCUT2D eigenvalue weighted by atomic mass is 35.5. The largest absolute Gasteiger partial charge is 0.439 e.